The number of hydrogen-bond acceptors (Lipinski definition) is 4. The van der Waals surface area contributed by atoms with Crippen LogP contribution in [0.25, 0.3) is 0 Å². The lowest BCUT2D eigenvalue weighted by Gasteiger charge is -2.21. The van der Waals surface area contributed by atoms with E-state index >= 15 is 0 Å². The van der Waals surface area contributed by atoms with Crippen molar-refractivity contribution in [2.75, 3.05) is 36.6 Å². The van der Waals surface area contributed by atoms with E-state index in [2.05, 4.69) is 5.32 Å². The van der Waals surface area contributed by atoms with Gasteiger partial charge in [-0.3, -0.25) is 14.4 Å². The lowest BCUT2D eigenvalue weighted by molar-refractivity contribution is -0.137. The molecule has 1 saturated heterocycles. The van der Waals surface area contributed by atoms with Gasteiger partial charge in [-0.25, -0.2) is 0 Å². The number of nitrogens with zero attached hydrogens (tertiary/aromatic N) is 2. The molecule has 6 nitrogen and oxygen atoms in total. The Morgan fingerprint density at radius 3 is 2.55 bits per heavy atom. The number of para-hydroxylation sites is 1. The molecule has 29 heavy (non-hydrogen) atoms. The van der Waals surface area contributed by atoms with Gasteiger partial charge in [-0.05, 0) is 42.7 Å². The Kier molecular flexibility index (Phi) is 6.82. The van der Waals surface area contributed by atoms with Crippen LogP contribution in [0.5, 0.6) is 0 Å². The van der Waals surface area contributed by atoms with E-state index in [-0.39, 0.29) is 30.7 Å². The zero-order chi connectivity index (χ0) is 21.0. The number of rotatable bonds is 6. The van der Waals surface area contributed by atoms with Gasteiger partial charge in [0.05, 0.1) is 23.2 Å². The van der Waals surface area contributed by atoms with Gasteiger partial charge < -0.3 is 15.1 Å². The summed E-state index contributed by atoms with van der Waals surface area (Å²) in [6.45, 7) is 0.198. The van der Waals surface area contributed by atoms with Gasteiger partial charge in [-0.2, -0.15) is 0 Å². The Morgan fingerprint density at radius 1 is 1.21 bits per heavy atom. The average Bonchev–Trinajstić information content (AvgIpc) is 3.10. The van der Waals surface area contributed by atoms with E-state index in [0.717, 1.165) is 10.6 Å². The Bertz CT molecular complexity index is 920. The van der Waals surface area contributed by atoms with E-state index in [1.54, 1.807) is 48.0 Å². The quantitative estimate of drug-likeness (QED) is 0.710. The molecule has 2 aromatic rings. The molecule has 0 aromatic heterocycles. The van der Waals surface area contributed by atoms with E-state index in [1.807, 2.05) is 30.5 Å². The average molecular weight is 432 g/mol. The number of hydrogen-bond donors (Lipinski definition) is 1. The molecular weight excluding hydrogens is 410 g/mol. The monoisotopic (exact) mass is 431 g/mol. The van der Waals surface area contributed by atoms with E-state index in [4.69, 9.17) is 11.6 Å². The van der Waals surface area contributed by atoms with Crippen LogP contribution < -0.4 is 10.2 Å². The number of nitrogens with one attached hydrogen (secondary N) is 1. The minimum Gasteiger partial charge on any atom is -0.336 e. The van der Waals surface area contributed by atoms with E-state index in [0.29, 0.717) is 17.3 Å². The zero-order valence-electron chi connectivity index (χ0n) is 16.2. The third-order valence-corrected chi connectivity index (χ3v) is 5.84. The third kappa shape index (κ3) is 5.10. The summed E-state index contributed by atoms with van der Waals surface area (Å²) in [5, 5.41) is 3.13. The zero-order valence-corrected chi connectivity index (χ0v) is 17.8. The SMILES string of the molecule is CSc1ccc(N2CC(C(=O)N(C)CC(=O)Nc3ccccc3Cl)CC2=O)cc1. The van der Waals surface area contributed by atoms with Crippen molar-refractivity contribution in [2.24, 2.45) is 5.92 Å². The second kappa shape index (κ2) is 9.33. The first-order valence-electron chi connectivity index (χ1n) is 9.13. The van der Waals surface area contributed by atoms with Crippen LogP contribution in [-0.4, -0.2) is 49.0 Å². The molecule has 8 heteroatoms. The van der Waals surface area contributed by atoms with E-state index in [1.165, 1.54) is 4.90 Å². The summed E-state index contributed by atoms with van der Waals surface area (Å²) in [5.41, 5.74) is 1.28. The number of thioether (sulfide) groups is 1. The summed E-state index contributed by atoms with van der Waals surface area (Å²) in [5.74, 6) is -1.13. The van der Waals surface area contributed by atoms with Crippen molar-refractivity contribution in [1.29, 1.82) is 0 Å². The van der Waals surface area contributed by atoms with Crippen LogP contribution >= 0.6 is 23.4 Å². The van der Waals surface area contributed by atoms with Crippen molar-refractivity contribution in [1.82, 2.24) is 4.90 Å². The maximum absolute atomic E-state index is 12.8. The van der Waals surface area contributed by atoms with Crippen LogP contribution in [0.3, 0.4) is 0 Å². The molecule has 1 aliphatic heterocycles. The van der Waals surface area contributed by atoms with Crippen LogP contribution in [0, 0.1) is 5.92 Å². The smallest absolute Gasteiger partial charge is 0.244 e. The molecule has 152 valence electrons. The predicted molar refractivity (Wildman–Crippen MR) is 116 cm³/mol. The normalized spacial score (nSPS) is 16.0. The highest BCUT2D eigenvalue weighted by atomic mass is 35.5. The highest BCUT2D eigenvalue weighted by Gasteiger charge is 2.36. The van der Waals surface area contributed by atoms with Crippen molar-refractivity contribution >= 4 is 52.5 Å². The van der Waals surface area contributed by atoms with Crippen molar-refractivity contribution in [3.63, 3.8) is 0 Å². The fraction of sp³-hybridized carbons (Fsp3) is 0.286. The first-order chi connectivity index (χ1) is 13.9. The Hall–Kier alpha value is -2.51. The number of anilines is 2. The molecule has 0 saturated carbocycles. The molecule has 1 fully saturated rings. The minimum absolute atomic E-state index is 0.0887. The Labute approximate surface area is 179 Å². The van der Waals surface area contributed by atoms with Crippen LogP contribution in [0.1, 0.15) is 6.42 Å². The lowest BCUT2D eigenvalue weighted by Crippen LogP contribution is -2.39. The molecule has 2 aromatic carbocycles. The second-order valence-corrected chi connectivity index (χ2v) is 8.11. The maximum atomic E-state index is 12.8. The third-order valence-electron chi connectivity index (χ3n) is 4.76. The largest absolute Gasteiger partial charge is 0.336 e. The van der Waals surface area contributed by atoms with Gasteiger partial charge in [0, 0.05) is 30.6 Å². The summed E-state index contributed by atoms with van der Waals surface area (Å²) in [4.78, 5) is 41.5. The second-order valence-electron chi connectivity index (χ2n) is 6.83. The number of halogens is 1. The summed E-state index contributed by atoms with van der Waals surface area (Å²) >= 11 is 7.67. The van der Waals surface area contributed by atoms with E-state index in [9.17, 15) is 14.4 Å². The molecule has 0 bridgehead atoms. The van der Waals surface area contributed by atoms with Crippen molar-refractivity contribution in [3.8, 4) is 0 Å². The summed E-state index contributed by atoms with van der Waals surface area (Å²) in [6.07, 6.45) is 2.13. The molecule has 0 spiro atoms. The summed E-state index contributed by atoms with van der Waals surface area (Å²) in [6, 6.07) is 14.6. The molecule has 0 radical (unpaired) electrons. The van der Waals surface area contributed by atoms with Gasteiger partial charge >= 0.3 is 0 Å². The molecule has 1 aliphatic rings. The molecule has 0 aliphatic carbocycles. The van der Waals surface area contributed by atoms with Gasteiger partial charge in [-0.15, -0.1) is 11.8 Å². The highest BCUT2D eigenvalue weighted by Crippen LogP contribution is 2.28. The van der Waals surface area contributed by atoms with Gasteiger partial charge in [0.25, 0.3) is 0 Å². The summed E-state index contributed by atoms with van der Waals surface area (Å²) in [7, 11) is 1.56. The standard InChI is InChI=1S/C21H22ClN3O3S/c1-24(13-19(26)23-18-6-4-3-5-17(18)22)21(28)14-11-20(27)25(12-14)15-7-9-16(29-2)10-8-15/h3-10,14H,11-13H2,1-2H3,(H,23,26). The predicted octanol–water partition coefficient (Wildman–Crippen LogP) is 3.51. The molecule has 1 unspecified atom stereocenters. The fourth-order valence-corrected chi connectivity index (χ4v) is 3.83. The molecule has 1 N–H and O–H groups in total. The van der Waals surface area contributed by atoms with Crippen molar-refractivity contribution < 1.29 is 14.4 Å². The molecular formula is C21H22ClN3O3S. The first-order valence-corrected chi connectivity index (χ1v) is 10.7. The minimum atomic E-state index is -0.471. The Morgan fingerprint density at radius 2 is 1.90 bits per heavy atom. The topological polar surface area (TPSA) is 69.7 Å². The number of amides is 3. The van der Waals surface area contributed by atoms with Crippen LogP contribution in [-0.2, 0) is 14.4 Å². The first kappa shape index (κ1) is 21.2. The van der Waals surface area contributed by atoms with Gasteiger partial charge in [0.1, 0.15) is 0 Å². The van der Waals surface area contributed by atoms with Crippen LogP contribution in [0.15, 0.2) is 53.4 Å². The van der Waals surface area contributed by atoms with Crippen LogP contribution in [0.4, 0.5) is 11.4 Å². The van der Waals surface area contributed by atoms with Crippen molar-refractivity contribution in [2.45, 2.75) is 11.3 Å². The van der Waals surface area contributed by atoms with Crippen LogP contribution in [0.2, 0.25) is 5.02 Å². The highest BCUT2D eigenvalue weighted by molar-refractivity contribution is 7.98. The number of carbonyl (C=O) groups excluding carboxylic acids is 3. The van der Waals surface area contributed by atoms with Gasteiger partial charge in [-0.1, -0.05) is 23.7 Å². The maximum Gasteiger partial charge on any atom is 0.244 e. The molecule has 1 heterocycles. The number of benzene rings is 2. The number of likely N-dealkylation sites (N-methyl/N-ethyl adjacent to an activating group) is 1. The Balaban J connectivity index is 1.58. The molecule has 3 rings (SSSR count). The molecule has 1 atom stereocenters. The lowest BCUT2D eigenvalue weighted by atomic mass is 10.1. The van der Waals surface area contributed by atoms with Crippen molar-refractivity contribution in [3.05, 3.63) is 53.6 Å². The molecule has 3 amide bonds. The van der Waals surface area contributed by atoms with E-state index < -0.39 is 5.92 Å². The van der Waals surface area contributed by atoms with Gasteiger partial charge in [0.15, 0.2) is 0 Å². The fourth-order valence-electron chi connectivity index (χ4n) is 3.24. The number of carbonyl (C=O) groups is 3. The summed E-state index contributed by atoms with van der Waals surface area (Å²) < 4.78 is 0. The van der Waals surface area contributed by atoms with Gasteiger partial charge in [0.2, 0.25) is 17.7 Å².